The SMILES string of the molecule is CC1CC1N1CC(NC(=O)N2CCC(c3ccncc3)CC2)CC1=O. The number of rotatable bonds is 3. The molecule has 6 heteroatoms. The lowest BCUT2D eigenvalue weighted by molar-refractivity contribution is -0.128. The molecule has 0 spiro atoms. The highest BCUT2D eigenvalue weighted by atomic mass is 16.2. The third-order valence-corrected chi connectivity index (χ3v) is 5.91. The molecule has 0 aromatic carbocycles. The number of pyridine rings is 1. The molecule has 1 N–H and O–H groups in total. The van der Waals surface area contributed by atoms with E-state index < -0.39 is 0 Å². The van der Waals surface area contributed by atoms with Gasteiger partial charge in [-0.1, -0.05) is 6.92 Å². The van der Waals surface area contributed by atoms with Crippen LogP contribution >= 0.6 is 0 Å². The molecule has 3 amide bonds. The van der Waals surface area contributed by atoms with Crippen molar-refractivity contribution in [1.82, 2.24) is 20.1 Å². The van der Waals surface area contributed by atoms with E-state index in [4.69, 9.17) is 0 Å². The quantitative estimate of drug-likeness (QED) is 0.913. The summed E-state index contributed by atoms with van der Waals surface area (Å²) in [5.74, 6) is 1.31. The van der Waals surface area contributed by atoms with E-state index in [1.807, 2.05) is 22.2 Å². The summed E-state index contributed by atoms with van der Waals surface area (Å²) in [7, 11) is 0. The molecule has 1 saturated carbocycles. The fourth-order valence-corrected chi connectivity index (χ4v) is 4.20. The molecular formula is C19H26N4O2. The van der Waals surface area contributed by atoms with Crippen molar-refractivity contribution in [2.45, 2.75) is 50.6 Å². The summed E-state index contributed by atoms with van der Waals surface area (Å²) in [5.41, 5.74) is 1.31. The monoisotopic (exact) mass is 342 g/mol. The van der Waals surface area contributed by atoms with Crippen LogP contribution in [0.15, 0.2) is 24.5 Å². The number of hydrogen-bond acceptors (Lipinski definition) is 3. The Morgan fingerprint density at radius 1 is 1.24 bits per heavy atom. The Hall–Kier alpha value is -2.11. The van der Waals surface area contributed by atoms with Crippen LogP contribution in [0.3, 0.4) is 0 Å². The van der Waals surface area contributed by atoms with Crippen LogP contribution in [0.2, 0.25) is 0 Å². The number of aromatic nitrogens is 1. The molecule has 0 bridgehead atoms. The predicted molar refractivity (Wildman–Crippen MR) is 94.0 cm³/mol. The van der Waals surface area contributed by atoms with Crippen LogP contribution in [0.4, 0.5) is 4.79 Å². The largest absolute Gasteiger partial charge is 0.337 e. The molecular weight excluding hydrogens is 316 g/mol. The summed E-state index contributed by atoms with van der Waals surface area (Å²) in [6.45, 7) is 4.38. The van der Waals surface area contributed by atoms with Gasteiger partial charge in [0.15, 0.2) is 0 Å². The van der Waals surface area contributed by atoms with Crippen LogP contribution in [-0.4, -0.2) is 58.4 Å². The van der Waals surface area contributed by atoms with Crippen LogP contribution in [0.25, 0.3) is 0 Å². The normalized spacial score (nSPS) is 29.8. The lowest BCUT2D eigenvalue weighted by Gasteiger charge is -2.33. The van der Waals surface area contributed by atoms with Gasteiger partial charge in [0.2, 0.25) is 5.91 Å². The summed E-state index contributed by atoms with van der Waals surface area (Å²) >= 11 is 0. The zero-order valence-electron chi connectivity index (χ0n) is 14.7. The van der Waals surface area contributed by atoms with Crippen molar-refractivity contribution in [3.63, 3.8) is 0 Å². The van der Waals surface area contributed by atoms with Crippen molar-refractivity contribution in [3.8, 4) is 0 Å². The van der Waals surface area contributed by atoms with Gasteiger partial charge < -0.3 is 15.1 Å². The third kappa shape index (κ3) is 3.48. The highest BCUT2D eigenvalue weighted by molar-refractivity contribution is 5.82. The van der Waals surface area contributed by atoms with Gasteiger partial charge in [-0.05, 0) is 48.8 Å². The molecule has 1 aromatic heterocycles. The van der Waals surface area contributed by atoms with Crippen LogP contribution in [0.5, 0.6) is 0 Å². The molecule has 4 rings (SSSR count). The maximum Gasteiger partial charge on any atom is 0.317 e. The number of urea groups is 1. The Kier molecular flexibility index (Phi) is 4.36. The number of nitrogens with zero attached hydrogens (tertiary/aromatic N) is 3. The van der Waals surface area contributed by atoms with Crippen LogP contribution < -0.4 is 5.32 Å². The zero-order valence-corrected chi connectivity index (χ0v) is 14.7. The minimum atomic E-state index is -0.0364. The molecule has 1 aliphatic carbocycles. The smallest absolute Gasteiger partial charge is 0.317 e. The fraction of sp³-hybridized carbons (Fsp3) is 0.632. The molecule has 134 valence electrons. The Balaban J connectivity index is 1.26. The van der Waals surface area contributed by atoms with Crippen LogP contribution in [0, 0.1) is 5.92 Å². The maximum atomic E-state index is 12.5. The van der Waals surface area contributed by atoms with E-state index in [1.165, 1.54) is 5.56 Å². The summed E-state index contributed by atoms with van der Waals surface area (Å²) in [6.07, 6.45) is 7.17. The van der Waals surface area contributed by atoms with E-state index in [9.17, 15) is 9.59 Å². The van der Waals surface area contributed by atoms with Gasteiger partial charge in [-0.3, -0.25) is 9.78 Å². The molecule has 0 radical (unpaired) electrons. The Morgan fingerprint density at radius 2 is 1.92 bits per heavy atom. The number of likely N-dealkylation sites (tertiary alicyclic amines) is 2. The van der Waals surface area contributed by atoms with E-state index in [0.717, 1.165) is 32.4 Å². The van der Waals surface area contributed by atoms with Crippen molar-refractivity contribution in [1.29, 1.82) is 0 Å². The number of piperidine rings is 1. The second kappa shape index (κ2) is 6.65. The van der Waals surface area contributed by atoms with E-state index in [0.29, 0.717) is 30.8 Å². The Bertz CT molecular complexity index is 642. The molecule has 3 unspecified atom stereocenters. The first kappa shape index (κ1) is 16.4. The number of carbonyl (C=O) groups is 2. The second-order valence-electron chi connectivity index (χ2n) is 7.72. The molecule has 2 aliphatic heterocycles. The molecule has 25 heavy (non-hydrogen) atoms. The molecule has 2 saturated heterocycles. The van der Waals surface area contributed by atoms with E-state index in [1.54, 1.807) is 0 Å². The Morgan fingerprint density at radius 3 is 2.56 bits per heavy atom. The van der Waals surface area contributed by atoms with E-state index >= 15 is 0 Å². The first-order chi connectivity index (χ1) is 12.1. The second-order valence-corrected chi connectivity index (χ2v) is 7.72. The maximum absolute atomic E-state index is 12.5. The van der Waals surface area contributed by atoms with Crippen molar-refractivity contribution in [3.05, 3.63) is 30.1 Å². The van der Waals surface area contributed by atoms with Gasteiger partial charge in [0, 0.05) is 44.5 Å². The summed E-state index contributed by atoms with van der Waals surface area (Å²) in [6, 6.07) is 4.49. The molecule has 3 aliphatic rings. The minimum Gasteiger partial charge on any atom is -0.337 e. The van der Waals surface area contributed by atoms with Crippen molar-refractivity contribution in [2.75, 3.05) is 19.6 Å². The average molecular weight is 342 g/mol. The number of hydrogen-bond donors (Lipinski definition) is 1. The molecule has 3 heterocycles. The molecule has 1 aromatic rings. The van der Waals surface area contributed by atoms with Crippen molar-refractivity contribution < 1.29 is 9.59 Å². The average Bonchev–Trinajstić information content (AvgIpc) is 3.25. The number of nitrogens with one attached hydrogen (secondary N) is 1. The minimum absolute atomic E-state index is 0.0170. The first-order valence-electron chi connectivity index (χ1n) is 9.36. The predicted octanol–water partition coefficient (Wildman–Crippen LogP) is 1.98. The van der Waals surface area contributed by atoms with Gasteiger partial charge >= 0.3 is 6.03 Å². The zero-order chi connectivity index (χ0) is 17.4. The molecule has 3 fully saturated rings. The van der Waals surface area contributed by atoms with E-state index in [-0.39, 0.29) is 18.0 Å². The molecule has 6 nitrogen and oxygen atoms in total. The van der Waals surface area contributed by atoms with Gasteiger partial charge in [-0.25, -0.2) is 4.79 Å². The first-order valence-corrected chi connectivity index (χ1v) is 9.36. The molecule has 3 atom stereocenters. The highest BCUT2D eigenvalue weighted by Gasteiger charge is 2.45. The Labute approximate surface area is 148 Å². The van der Waals surface area contributed by atoms with Gasteiger partial charge in [0.05, 0.1) is 6.04 Å². The number of carbonyl (C=O) groups excluding carboxylic acids is 2. The topological polar surface area (TPSA) is 65.5 Å². The van der Waals surface area contributed by atoms with Gasteiger partial charge in [-0.15, -0.1) is 0 Å². The lowest BCUT2D eigenvalue weighted by atomic mass is 9.90. The van der Waals surface area contributed by atoms with Gasteiger partial charge in [-0.2, -0.15) is 0 Å². The summed E-state index contributed by atoms with van der Waals surface area (Å²) in [4.78, 5) is 32.6. The van der Waals surface area contributed by atoms with Crippen molar-refractivity contribution in [2.24, 2.45) is 5.92 Å². The van der Waals surface area contributed by atoms with E-state index in [2.05, 4.69) is 29.4 Å². The van der Waals surface area contributed by atoms with Gasteiger partial charge in [0.25, 0.3) is 0 Å². The summed E-state index contributed by atoms with van der Waals surface area (Å²) < 4.78 is 0. The summed E-state index contributed by atoms with van der Waals surface area (Å²) in [5, 5.41) is 3.08. The third-order valence-electron chi connectivity index (χ3n) is 5.91. The highest BCUT2D eigenvalue weighted by Crippen LogP contribution is 2.37. The number of amides is 3. The fourth-order valence-electron chi connectivity index (χ4n) is 4.20. The standard InChI is InChI=1S/C19H26N4O2/c1-13-10-17(13)23-12-16(11-18(23)24)21-19(25)22-8-4-15(5-9-22)14-2-6-20-7-3-14/h2-3,6-7,13,15-17H,4-5,8-12H2,1H3,(H,21,25). The lowest BCUT2D eigenvalue weighted by Crippen LogP contribution is -2.48. The van der Waals surface area contributed by atoms with Gasteiger partial charge in [0.1, 0.15) is 0 Å². The van der Waals surface area contributed by atoms with Crippen LogP contribution in [-0.2, 0) is 4.79 Å². The van der Waals surface area contributed by atoms with Crippen LogP contribution in [0.1, 0.15) is 44.1 Å². The van der Waals surface area contributed by atoms with Crippen molar-refractivity contribution >= 4 is 11.9 Å².